The standard InChI is InChI=1S/C24H25ClN2O5S/c1-31-20-8-3-18(4-9-20)16-27-33(29,30)21-10-5-17(6-11-21)13-14-26-24(28)22-15-19(25)7-12-23(22)32-2/h3-12,15,27H,13-14,16H2,1-2H3,(H,26,28). The van der Waals surface area contributed by atoms with Gasteiger partial charge in [0.05, 0.1) is 24.7 Å². The minimum atomic E-state index is -3.65. The van der Waals surface area contributed by atoms with Gasteiger partial charge in [-0.25, -0.2) is 13.1 Å². The fourth-order valence-corrected chi connectivity index (χ4v) is 4.30. The molecule has 0 saturated carbocycles. The summed E-state index contributed by atoms with van der Waals surface area (Å²) in [4.78, 5) is 12.6. The molecule has 7 nitrogen and oxygen atoms in total. The molecule has 0 fully saturated rings. The lowest BCUT2D eigenvalue weighted by Gasteiger charge is -2.10. The molecular weight excluding hydrogens is 464 g/mol. The number of hydrogen-bond acceptors (Lipinski definition) is 5. The SMILES string of the molecule is COc1ccc(CNS(=O)(=O)c2ccc(CCNC(=O)c3cc(Cl)ccc3OC)cc2)cc1. The Labute approximate surface area is 198 Å². The lowest BCUT2D eigenvalue weighted by molar-refractivity contribution is 0.0951. The molecule has 3 rings (SSSR count). The van der Waals surface area contributed by atoms with Crippen LogP contribution >= 0.6 is 11.6 Å². The smallest absolute Gasteiger partial charge is 0.255 e. The Morgan fingerprint density at radius 1 is 0.909 bits per heavy atom. The number of carbonyl (C=O) groups excluding carboxylic acids is 1. The number of amides is 1. The van der Waals surface area contributed by atoms with Crippen LogP contribution in [0.2, 0.25) is 5.02 Å². The predicted molar refractivity (Wildman–Crippen MR) is 128 cm³/mol. The van der Waals surface area contributed by atoms with Crippen molar-refractivity contribution in [2.24, 2.45) is 0 Å². The third kappa shape index (κ3) is 6.71. The van der Waals surface area contributed by atoms with Gasteiger partial charge in [0.15, 0.2) is 0 Å². The highest BCUT2D eigenvalue weighted by atomic mass is 35.5. The molecule has 2 N–H and O–H groups in total. The fraction of sp³-hybridized carbons (Fsp3) is 0.208. The van der Waals surface area contributed by atoms with Crippen LogP contribution in [-0.2, 0) is 23.0 Å². The van der Waals surface area contributed by atoms with E-state index in [-0.39, 0.29) is 17.3 Å². The maximum atomic E-state index is 12.6. The molecule has 33 heavy (non-hydrogen) atoms. The van der Waals surface area contributed by atoms with Crippen LogP contribution in [0.4, 0.5) is 0 Å². The molecule has 1 amide bonds. The molecule has 0 aliphatic carbocycles. The topological polar surface area (TPSA) is 93.7 Å². The molecule has 0 unspecified atom stereocenters. The van der Waals surface area contributed by atoms with Crippen molar-refractivity contribution in [1.82, 2.24) is 10.0 Å². The van der Waals surface area contributed by atoms with Gasteiger partial charge in [-0.2, -0.15) is 0 Å². The lowest BCUT2D eigenvalue weighted by Crippen LogP contribution is -2.26. The van der Waals surface area contributed by atoms with Gasteiger partial charge in [0.25, 0.3) is 5.91 Å². The molecule has 0 atom stereocenters. The summed E-state index contributed by atoms with van der Waals surface area (Å²) in [7, 11) is -0.587. The van der Waals surface area contributed by atoms with Gasteiger partial charge in [-0.3, -0.25) is 4.79 Å². The summed E-state index contributed by atoms with van der Waals surface area (Å²) in [5.74, 6) is 0.852. The van der Waals surface area contributed by atoms with E-state index in [1.807, 2.05) is 0 Å². The molecule has 174 valence electrons. The average molecular weight is 489 g/mol. The van der Waals surface area contributed by atoms with Crippen LogP contribution in [0, 0.1) is 0 Å². The first-order valence-electron chi connectivity index (χ1n) is 10.2. The minimum absolute atomic E-state index is 0.174. The maximum absolute atomic E-state index is 12.6. The zero-order valence-electron chi connectivity index (χ0n) is 18.3. The highest BCUT2D eigenvalue weighted by Crippen LogP contribution is 2.22. The average Bonchev–Trinajstić information content (AvgIpc) is 2.83. The van der Waals surface area contributed by atoms with Gasteiger partial charge in [-0.15, -0.1) is 0 Å². The largest absolute Gasteiger partial charge is 0.497 e. The van der Waals surface area contributed by atoms with E-state index in [1.54, 1.807) is 73.8 Å². The van der Waals surface area contributed by atoms with Gasteiger partial charge in [-0.1, -0.05) is 35.9 Å². The second kappa shape index (κ2) is 11.2. The Morgan fingerprint density at radius 2 is 1.58 bits per heavy atom. The first-order valence-corrected chi connectivity index (χ1v) is 12.0. The summed E-state index contributed by atoms with van der Waals surface area (Å²) in [6.07, 6.45) is 0.536. The third-order valence-electron chi connectivity index (χ3n) is 4.96. The highest BCUT2D eigenvalue weighted by Gasteiger charge is 2.15. The molecule has 0 radical (unpaired) electrons. The Balaban J connectivity index is 1.54. The van der Waals surface area contributed by atoms with Crippen molar-refractivity contribution in [2.75, 3.05) is 20.8 Å². The molecule has 0 aromatic heterocycles. The van der Waals surface area contributed by atoms with Gasteiger partial charge in [0.2, 0.25) is 10.0 Å². The van der Waals surface area contributed by atoms with Crippen LogP contribution in [0.25, 0.3) is 0 Å². The third-order valence-corrected chi connectivity index (χ3v) is 6.62. The Hall–Kier alpha value is -3.07. The highest BCUT2D eigenvalue weighted by molar-refractivity contribution is 7.89. The zero-order valence-corrected chi connectivity index (χ0v) is 19.9. The molecule has 3 aromatic rings. The summed E-state index contributed by atoms with van der Waals surface area (Å²) in [5.41, 5.74) is 2.07. The van der Waals surface area contributed by atoms with Crippen molar-refractivity contribution in [3.63, 3.8) is 0 Å². The molecule has 3 aromatic carbocycles. The molecule has 0 aliphatic heterocycles. The quantitative estimate of drug-likeness (QED) is 0.452. The van der Waals surface area contributed by atoms with Crippen LogP contribution in [0.5, 0.6) is 11.5 Å². The molecule has 0 aliphatic rings. The van der Waals surface area contributed by atoms with Gasteiger partial charge < -0.3 is 14.8 Å². The molecule has 0 saturated heterocycles. The monoisotopic (exact) mass is 488 g/mol. The summed E-state index contributed by atoms with van der Waals surface area (Å²) >= 11 is 5.97. The molecule has 9 heteroatoms. The number of rotatable bonds is 10. The number of hydrogen-bond donors (Lipinski definition) is 2. The van der Waals surface area contributed by atoms with Crippen LogP contribution in [0.3, 0.4) is 0 Å². The van der Waals surface area contributed by atoms with Crippen molar-refractivity contribution >= 4 is 27.5 Å². The number of halogens is 1. The molecule has 0 spiro atoms. The Kier molecular flexibility index (Phi) is 8.32. The number of ether oxygens (including phenoxy) is 2. The van der Waals surface area contributed by atoms with Gasteiger partial charge >= 0.3 is 0 Å². The van der Waals surface area contributed by atoms with Gasteiger partial charge in [-0.05, 0) is 60.0 Å². The molecule has 0 bridgehead atoms. The number of benzene rings is 3. The first-order chi connectivity index (χ1) is 15.8. The Bertz CT molecular complexity index is 1200. The van der Waals surface area contributed by atoms with Crippen LogP contribution in [0.1, 0.15) is 21.5 Å². The maximum Gasteiger partial charge on any atom is 0.255 e. The fourth-order valence-electron chi connectivity index (χ4n) is 3.11. The van der Waals surface area contributed by atoms with Crippen molar-refractivity contribution in [3.05, 3.63) is 88.4 Å². The van der Waals surface area contributed by atoms with Crippen LogP contribution in [-0.4, -0.2) is 35.1 Å². The van der Waals surface area contributed by atoms with Gasteiger partial charge in [0.1, 0.15) is 11.5 Å². The van der Waals surface area contributed by atoms with E-state index in [0.717, 1.165) is 11.1 Å². The minimum Gasteiger partial charge on any atom is -0.497 e. The van der Waals surface area contributed by atoms with Crippen molar-refractivity contribution in [1.29, 1.82) is 0 Å². The number of methoxy groups -OCH3 is 2. The van der Waals surface area contributed by atoms with E-state index in [0.29, 0.717) is 35.1 Å². The summed E-state index contributed by atoms with van der Waals surface area (Å²) < 4.78 is 38.0. The number of nitrogens with one attached hydrogen (secondary N) is 2. The van der Waals surface area contributed by atoms with Crippen molar-refractivity contribution in [2.45, 2.75) is 17.9 Å². The lowest BCUT2D eigenvalue weighted by atomic mass is 10.1. The van der Waals surface area contributed by atoms with Crippen molar-refractivity contribution < 1.29 is 22.7 Å². The summed E-state index contributed by atoms with van der Waals surface area (Å²) in [6, 6.07) is 18.6. The predicted octanol–water partition coefficient (Wildman–Crippen LogP) is 3.81. The van der Waals surface area contributed by atoms with Gasteiger partial charge in [0, 0.05) is 18.1 Å². The number of sulfonamides is 1. The number of carbonyl (C=O) groups is 1. The second-order valence-corrected chi connectivity index (χ2v) is 9.37. The second-order valence-electron chi connectivity index (χ2n) is 7.17. The van der Waals surface area contributed by atoms with Crippen molar-refractivity contribution in [3.8, 4) is 11.5 Å². The Morgan fingerprint density at radius 3 is 2.21 bits per heavy atom. The van der Waals surface area contributed by atoms with E-state index in [1.165, 1.54) is 7.11 Å². The van der Waals surface area contributed by atoms with Crippen LogP contribution in [0.15, 0.2) is 71.6 Å². The van der Waals surface area contributed by atoms with E-state index in [4.69, 9.17) is 21.1 Å². The summed E-state index contributed by atoms with van der Waals surface area (Å²) in [6.45, 7) is 0.545. The van der Waals surface area contributed by atoms with E-state index >= 15 is 0 Å². The molecular formula is C24H25ClN2O5S. The first kappa shape index (κ1) is 24.6. The van der Waals surface area contributed by atoms with E-state index in [9.17, 15) is 13.2 Å². The normalized spacial score (nSPS) is 11.1. The van der Waals surface area contributed by atoms with E-state index in [2.05, 4.69) is 10.0 Å². The van der Waals surface area contributed by atoms with E-state index < -0.39 is 10.0 Å². The van der Waals surface area contributed by atoms with Crippen LogP contribution < -0.4 is 19.5 Å². The zero-order chi connectivity index (χ0) is 23.8. The molecule has 0 heterocycles. The summed E-state index contributed by atoms with van der Waals surface area (Å²) in [5, 5.41) is 3.27.